The summed E-state index contributed by atoms with van der Waals surface area (Å²) in [5, 5.41) is 16.8. The molecule has 1 amide bonds. The van der Waals surface area contributed by atoms with E-state index in [1.807, 2.05) is 42.5 Å². The molecule has 27 heavy (non-hydrogen) atoms. The van der Waals surface area contributed by atoms with Crippen LogP contribution in [0.1, 0.15) is 10.4 Å². The highest BCUT2D eigenvalue weighted by atomic mass is 16.6. The number of rotatable bonds is 7. The molecule has 0 radical (unpaired) electrons. The Bertz CT molecular complexity index is 925. The summed E-state index contributed by atoms with van der Waals surface area (Å²) in [5.41, 5.74) is 3.16. The number of carbonyl (C=O) groups is 1. The molecule has 0 spiro atoms. The van der Waals surface area contributed by atoms with Gasteiger partial charge in [0, 0.05) is 24.7 Å². The highest BCUT2D eigenvalue weighted by molar-refractivity contribution is 5.94. The fourth-order valence-corrected chi connectivity index (χ4v) is 2.70. The monoisotopic (exact) mass is 361 g/mol. The third kappa shape index (κ3) is 4.70. The fourth-order valence-electron chi connectivity index (χ4n) is 2.70. The number of carbonyl (C=O) groups excluding carboxylic acids is 1. The van der Waals surface area contributed by atoms with Crippen molar-refractivity contribution in [3.63, 3.8) is 0 Å². The Morgan fingerprint density at radius 1 is 0.815 bits per heavy atom. The zero-order valence-electron chi connectivity index (χ0n) is 14.6. The number of nitro benzene ring substituents is 1. The zero-order chi connectivity index (χ0) is 19.1. The standard InChI is InChI=1S/C21H19N3O3/c25-21(18-12-10-17(11-13-18)16-6-2-1-3-7-16)23-15-14-22-19-8-4-5-9-20(19)24(26)27/h1-13,22H,14-15H2,(H,23,25). The van der Waals surface area contributed by atoms with Crippen LogP contribution in [0.5, 0.6) is 0 Å². The first-order valence-electron chi connectivity index (χ1n) is 8.56. The van der Waals surface area contributed by atoms with E-state index < -0.39 is 4.92 Å². The van der Waals surface area contributed by atoms with Crippen molar-refractivity contribution in [2.75, 3.05) is 18.4 Å². The summed E-state index contributed by atoms with van der Waals surface area (Å²) in [4.78, 5) is 22.8. The molecule has 0 aliphatic heterocycles. The number of anilines is 1. The molecule has 0 atom stereocenters. The Kier molecular flexibility index (Phi) is 5.79. The van der Waals surface area contributed by atoms with Crippen LogP contribution in [0.25, 0.3) is 11.1 Å². The van der Waals surface area contributed by atoms with Gasteiger partial charge < -0.3 is 10.6 Å². The van der Waals surface area contributed by atoms with Gasteiger partial charge in [0.2, 0.25) is 0 Å². The average molecular weight is 361 g/mol. The summed E-state index contributed by atoms with van der Waals surface area (Å²) in [6, 6.07) is 23.8. The molecule has 2 N–H and O–H groups in total. The first kappa shape index (κ1) is 18.1. The van der Waals surface area contributed by atoms with Gasteiger partial charge in [0.1, 0.15) is 5.69 Å². The van der Waals surface area contributed by atoms with Crippen LogP contribution in [0.4, 0.5) is 11.4 Å². The van der Waals surface area contributed by atoms with Gasteiger partial charge >= 0.3 is 0 Å². The van der Waals surface area contributed by atoms with Crippen LogP contribution in [0.15, 0.2) is 78.9 Å². The molecule has 0 saturated carbocycles. The van der Waals surface area contributed by atoms with Crippen LogP contribution in [0, 0.1) is 10.1 Å². The van der Waals surface area contributed by atoms with Crippen molar-refractivity contribution in [2.45, 2.75) is 0 Å². The summed E-state index contributed by atoms with van der Waals surface area (Å²) < 4.78 is 0. The number of nitrogens with one attached hydrogen (secondary N) is 2. The molecule has 3 rings (SSSR count). The summed E-state index contributed by atoms with van der Waals surface area (Å²) in [6.45, 7) is 0.740. The Hall–Kier alpha value is -3.67. The number of benzene rings is 3. The maximum Gasteiger partial charge on any atom is 0.292 e. The van der Waals surface area contributed by atoms with Crippen molar-refractivity contribution in [1.29, 1.82) is 0 Å². The van der Waals surface area contributed by atoms with E-state index in [1.165, 1.54) is 6.07 Å². The van der Waals surface area contributed by atoms with Crippen molar-refractivity contribution < 1.29 is 9.72 Å². The maximum absolute atomic E-state index is 12.2. The first-order valence-corrected chi connectivity index (χ1v) is 8.56. The molecule has 0 heterocycles. The molecule has 0 unspecified atom stereocenters. The van der Waals surface area contributed by atoms with E-state index in [4.69, 9.17) is 0 Å². The minimum Gasteiger partial charge on any atom is -0.378 e. The van der Waals surface area contributed by atoms with E-state index in [9.17, 15) is 14.9 Å². The Morgan fingerprint density at radius 2 is 1.44 bits per heavy atom. The minimum atomic E-state index is -0.435. The quantitative estimate of drug-likeness (QED) is 0.377. The second-order valence-corrected chi connectivity index (χ2v) is 5.90. The average Bonchev–Trinajstić information content (AvgIpc) is 2.72. The number of para-hydroxylation sites is 2. The number of amides is 1. The Balaban J connectivity index is 1.52. The van der Waals surface area contributed by atoms with Gasteiger partial charge in [-0.2, -0.15) is 0 Å². The molecular formula is C21H19N3O3. The van der Waals surface area contributed by atoms with Crippen molar-refractivity contribution in [2.24, 2.45) is 0 Å². The van der Waals surface area contributed by atoms with Gasteiger partial charge in [-0.3, -0.25) is 14.9 Å². The molecule has 3 aromatic rings. The van der Waals surface area contributed by atoms with E-state index in [-0.39, 0.29) is 11.6 Å². The maximum atomic E-state index is 12.2. The Labute approximate surface area is 157 Å². The molecule has 6 heteroatoms. The molecule has 0 fully saturated rings. The molecule has 0 bridgehead atoms. The summed E-state index contributed by atoms with van der Waals surface area (Å²) in [7, 11) is 0. The zero-order valence-corrected chi connectivity index (χ0v) is 14.6. The lowest BCUT2D eigenvalue weighted by Gasteiger charge is -2.09. The van der Waals surface area contributed by atoms with Crippen LogP contribution in [0.3, 0.4) is 0 Å². The molecule has 0 aliphatic carbocycles. The van der Waals surface area contributed by atoms with Gasteiger partial charge in [-0.1, -0.05) is 54.6 Å². The largest absolute Gasteiger partial charge is 0.378 e. The van der Waals surface area contributed by atoms with E-state index in [0.717, 1.165) is 11.1 Å². The lowest BCUT2D eigenvalue weighted by molar-refractivity contribution is -0.384. The van der Waals surface area contributed by atoms with Gasteiger partial charge in [0.25, 0.3) is 11.6 Å². The fraction of sp³-hybridized carbons (Fsp3) is 0.0952. The molecule has 0 aromatic heterocycles. The van der Waals surface area contributed by atoms with Gasteiger partial charge in [0.05, 0.1) is 4.92 Å². The molecule has 3 aromatic carbocycles. The normalized spacial score (nSPS) is 10.2. The first-order chi connectivity index (χ1) is 13.1. The van der Waals surface area contributed by atoms with Crippen molar-refractivity contribution in [3.8, 4) is 11.1 Å². The predicted octanol–water partition coefficient (Wildman–Crippen LogP) is 4.10. The SMILES string of the molecule is O=C(NCCNc1ccccc1[N+](=O)[O-])c1ccc(-c2ccccc2)cc1. The summed E-state index contributed by atoms with van der Waals surface area (Å²) >= 11 is 0. The predicted molar refractivity (Wildman–Crippen MR) is 106 cm³/mol. The third-order valence-electron chi connectivity index (χ3n) is 4.08. The highest BCUT2D eigenvalue weighted by Crippen LogP contribution is 2.22. The van der Waals surface area contributed by atoms with Gasteiger partial charge in [0.15, 0.2) is 0 Å². The van der Waals surface area contributed by atoms with E-state index in [2.05, 4.69) is 10.6 Å². The van der Waals surface area contributed by atoms with Crippen LogP contribution < -0.4 is 10.6 Å². The molecule has 0 saturated heterocycles. The molecule has 6 nitrogen and oxygen atoms in total. The lowest BCUT2D eigenvalue weighted by Crippen LogP contribution is -2.28. The number of nitrogens with zero attached hydrogens (tertiary/aromatic N) is 1. The second-order valence-electron chi connectivity index (χ2n) is 5.90. The second kappa shape index (κ2) is 8.62. The topological polar surface area (TPSA) is 84.3 Å². The summed E-state index contributed by atoms with van der Waals surface area (Å²) in [5.74, 6) is -0.182. The third-order valence-corrected chi connectivity index (χ3v) is 4.08. The van der Waals surface area contributed by atoms with Gasteiger partial charge in [-0.15, -0.1) is 0 Å². The van der Waals surface area contributed by atoms with E-state index in [1.54, 1.807) is 30.3 Å². The number of hydrogen-bond acceptors (Lipinski definition) is 4. The summed E-state index contributed by atoms with van der Waals surface area (Å²) in [6.07, 6.45) is 0. The smallest absolute Gasteiger partial charge is 0.292 e. The van der Waals surface area contributed by atoms with Crippen LogP contribution in [-0.4, -0.2) is 23.9 Å². The Morgan fingerprint density at radius 3 is 2.15 bits per heavy atom. The minimum absolute atomic E-state index is 0.0142. The van der Waals surface area contributed by atoms with Crippen LogP contribution >= 0.6 is 0 Å². The van der Waals surface area contributed by atoms with Crippen molar-refractivity contribution >= 4 is 17.3 Å². The molecule has 136 valence electrons. The van der Waals surface area contributed by atoms with Crippen LogP contribution in [-0.2, 0) is 0 Å². The lowest BCUT2D eigenvalue weighted by atomic mass is 10.0. The number of nitro groups is 1. The van der Waals surface area contributed by atoms with Crippen LogP contribution in [0.2, 0.25) is 0 Å². The van der Waals surface area contributed by atoms with Crippen molar-refractivity contribution in [1.82, 2.24) is 5.32 Å². The molecular weight excluding hydrogens is 342 g/mol. The van der Waals surface area contributed by atoms with Gasteiger partial charge in [-0.05, 0) is 29.3 Å². The number of hydrogen-bond donors (Lipinski definition) is 2. The van der Waals surface area contributed by atoms with Crippen molar-refractivity contribution in [3.05, 3.63) is 94.5 Å². The van der Waals surface area contributed by atoms with Gasteiger partial charge in [-0.25, -0.2) is 0 Å². The van der Waals surface area contributed by atoms with E-state index >= 15 is 0 Å². The highest BCUT2D eigenvalue weighted by Gasteiger charge is 2.11. The molecule has 0 aliphatic rings. The van der Waals surface area contributed by atoms with E-state index in [0.29, 0.717) is 24.3 Å².